The fraction of sp³-hybridized carbons (Fsp3) is 0.400. The number of aromatic nitrogens is 2. The van der Waals surface area contributed by atoms with Crippen LogP contribution in [0.2, 0.25) is 0 Å². The van der Waals surface area contributed by atoms with Crippen LogP contribution in [0.25, 0.3) is 11.3 Å². The lowest BCUT2D eigenvalue weighted by molar-refractivity contribution is 0.343. The van der Waals surface area contributed by atoms with Gasteiger partial charge in [0.15, 0.2) is 0 Å². The van der Waals surface area contributed by atoms with Crippen molar-refractivity contribution in [2.75, 3.05) is 0 Å². The van der Waals surface area contributed by atoms with E-state index in [4.69, 9.17) is 5.10 Å². The second-order valence-electron chi connectivity index (χ2n) is 5.52. The first-order chi connectivity index (χ1) is 8.77. The molecule has 1 spiro atoms. The van der Waals surface area contributed by atoms with Gasteiger partial charge in [-0.1, -0.05) is 12.1 Å². The zero-order valence-electron chi connectivity index (χ0n) is 10.2. The molecule has 1 aliphatic carbocycles. The van der Waals surface area contributed by atoms with Crippen LogP contribution in [0.4, 0.5) is 4.39 Å². The number of nitrogens with zero attached hydrogens (tertiary/aromatic N) is 2. The molecule has 92 valence electrons. The molecule has 3 heteroatoms. The van der Waals surface area contributed by atoms with Crippen molar-refractivity contribution < 1.29 is 4.39 Å². The van der Waals surface area contributed by atoms with E-state index in [-0.39, 0.29) is 5.82 Å². The molecule has 2 aliphatic rings. The van der Waals surface area contributed by atoms with E-state index in [1.807, 2.05) is 6.07 Å². The Labute approximate surface area is 105 Å². The fourth-order valence-electron chi connectivity index (χ4n) is 3.11. The lowest BCUT2D eigenvalue weighted by Crippen LogP contribution is -2.25. The molecule has 0 unspecified atom stereocenters. The molecule has 0 radical (unpaired) electrons. The van der Waals surface area contributed by atoms with Crippen molar-refractivity contribution in [3.63, 3.8) is 0 Å². The molecule has 4 rings (SSSR count). The van der Waals surface area contributed by atoms with Gasteiger partial charge in [-0.2, -0.15) is 5.10 Å². The van der Waals surface area contributed by atoms with Crippen LogP contribution < -0.4 is 0 Å². The van der Waals surface area contributed by atoms with E-state index in [0.29, 0.717) is 5.54 Å². The molecule has 1 aromatic carbocycles. The van der Waals surface area contributed by atoms with E-state index >= 15 is 0 Å². The number of hydrogen-bond acceptors (Lipinski definition) is 1. The Bertz CT molecular complexity index is 611. The van der Waals surface area contributed by atoms with Crippen LogP contribution >= 0.6 is 0 Å². The summed E-state index contributed by atoms with van der Waals surface area (Å²) in [7, 11) is 0. The number of fused-ring (bicyclic) bond motifs is 2. The SMILES string of the molecule is Fc1cccc(-c2cc3n(n2)C2(CCC3)CC2)c1. The smallest absolute Gasteiger partial charge is 0.123 e. The minimum atomic E-state index is -0.195. The predicted octanol–water partition coefficient (Wildman–Crippen LogP) is 3.51. The molecule has 1 saturated carbocycles. The highest BCUT2D eigenvalue weighted by atomic mass is 19.1. The van der Waals surface area contributed by atoms with Crippen molar-refractivity contribution in [3.8, 4) is 11.3 Å². The molecule has 0 saturated heterocycles. The van der Waals surface area contributed by atoms with E-state index in [9.17, 15) is 4.39 Å². The van der Waals surface area contributed by atoms with Gasteiger partial charge < -0.3 is 0 Å². The highest BCUT2D eigenvalue weighted by Gasteiger charge is 2.47. The van der Waals surface area contributed by atoms with Crippen molar-refractivity contribution >= 4 is 0 Å². The number of rotatable bonds is 1. The van der Waals surface area contributed by atoms with Crippen molar-refractivity contribution in [2.45, 2.75) is 37.6 Å². The number of halogens is 1. The van der Waals surface area contributed by atoms with Gasteiger partial charge in [-0.05, 0) is 50.3 Å². The van der Waals surface area contributed by atoms with E-state index in [2.05, 4.69) is 10.7 Å². The summed E-state index contributed by atoms with van der Waals surface area (Å²) >= 11 is 0. The first kappa shape index (κ1) is 10.3. The van der Waals surface area contributed by atoms with Crippen LogP contribution in [0.5, 0.6) is 0 Å². The Morgan fingerprint density at radius 2 is 2.06 bits per heavy atom. The molecule has 0 atom stereocenters. The molecular formula is C15H15FN2. The van der Waals surface area contributed by atoms with Gasteiger partial charge in [-0.3, -0.25) is 4.68 Å². The van der Waals surface area contributed by atoms with Crippen LogP contribution in [-0.4, -0.2) is 9.78 Å². The molecule has 0 bridgehead atoms. The second-order valence-corrected chi connectivity index (χ2v) is 5.52. The average molecular weight is 242 g/mol. The summed E-state index contributed by atoms with van der Waals surface area (Å²) in [5, 5.41) is 4.73. The molecule has 0 N–H and O–H groups in total. The standard InChI is InChI=1S/C15H15FN2/c16-12-4-1-3-11(9-12)14-10-13-5-2-6-15(7-8-15)18(13)17-14/h1,3-4,9-10H,2,5-8H2. The van der Waals surface area contributed by atoms with Crippen molar-refractivity contribution in [3.05, 3.63) is 41.8 Å². The first-order valence-electron chi connectivity index (χ1n) is 6.62. The molecule has 1 fully saturated rings. The maximum absolute atomic E-state index is 13.3. The predicted molar refractivity (Wildman–Crippen MR) is 67.8 cm³/mol. The van der Waals surface area contributed by atoms with Gasteiger partial charge in [0, 0.05) is 11.3 Å². The Morgan fingerprint density at radius 1 is 1.17 bits per heavy atom. The highest BCUT2D eigenvalue weighted by molar-refractivity contribution is 5.59. The molecule has 1 aromatic heterocycles. The maximum atomic E-state index is 13.3. The summed E-state index contributed by atoms with van der Waals surface area (Å²) in [6, 6.07) is 8.84. The molecule has 0 amide bonds. The second kappa shape index (κ2) is 3.44. The van der Waals surface area contributed by atoms with Gasteiger partial charge >= 0.3 is 0 Å². The lowest BCUT2D eigenvalue weighted by atomic mass is 10.0. The van der Waals surface area contributed by atoms with Gasteiger partial charge in [0.2, 0.25) is 0 Å². The molecule has 2 aromatic rings. The van der Waals surface area contributed by atoms with Crippen LogP contribution in [-0.2, 0) is 12.0 Å². The van der Waals surface area contributed by atoms with E-state index < -0.39 is 0 Å². The summed E-state index contributed by atoms with van der Waals surface area (Å²) < 4.78 is 15.5. The van der Waals surface area contributed by atoms with Crippen molar-refractivity contribution in [1.82, 2.24) is 9.78 Å². The Hall–Kier alpha value is -1.64. The third kappa shape index (κ3) is 1.43. The number of aryl methyl sites for hydroxylation is 1. The van der Waals surface area contributed by atoms with Crippen LogP contribution in [0.3, 0.4) is 0 Å². The van der Waals surface area contributed by atoms with E-state index in [1.165, 1.54) is 37.4 Å². The average Bonchev–Trinajstić information content (AvgIpc) is 2.99. The zero-order valence-corrected chi connectivity index (χ0v) is 10.2. The van der Waals surface area contributed by atoms with Gasteiger partial charge in [-0.15, -0.1) is 0 Å². The van der Waals surface area contributed by atoms with Crippen LogP contribution in [0.15, 0.2) is 30.3 Å². The monoisotopic (exact) mass is 242 g/mol. The maximum Gasteiger partial charge on any atom is 0.123 e. The van der Waals surface area contributed by atoms with Crippen molar-refractivity contribution in [1.29, 1.82) is 0 Å². The minimum Gasteiger partial charge on any atom is -0.263 e. The van der Waals surface area contributed by atoms with E-state index in [1.54, 1.807) is 12.1 Å². The zero-order chi connectivity index (χ0) is 12.2. The highest BCUT2D eigenvalue weighted by Crippen LogP contribution is 2.50. The summed E-state index contributed by atoms with van der Waals surface area (Å²) in [4.78, 5) is 0. The third-order valence-electron chi connectivity index (χ3n) is 4.26. The molecule has 18 heavy (non-hydrogen) atoms. The number of benzene rings is 1. The minimum absolute atomic E-state index is 0.195. The summed E-state index contributed by atoms with van der Waals surface area (Å²) in [6.45, 7) is 0. The van der Waals surface area contributed by atoms with Gasteiger partial charge in [0.1, 0.15) is 5.82 Å². The molecule has 2 heterocycles. The normalized spacial score (nSPS) is 19.8. The quantitative estimate of drug-likeness (QED) is 0.748. The first-order valence-corrected chi connectivity index (χ1v) is 6.62. The van der Waals surface area contributed by atoms with E-state index in [0.717, 1.165) is 17.7 Å². The Kier molecular flexibility index (Phi) is 1.97. The summed E-state index contributed by atoms with van der Waals surface area (Å²) in [5.74, 6) is -0.195. The van der Waals surface area contributed by atoms with Gasteiger partial charge in [0.05, 0.1) is 11.2 Å². The number of hydrogen-bond donors (Lipinski definition) is 0. The molecule has 2 nitrogen and oxygen atoms in total. The van der Waals surface area contributed by atoms with Crippen molar-refractivity contribution in [2.24, 2.45) is 0 Å². The fourth-order valence-corrected chi connectivity index (χ4v) is 3.11. The van der Waals surface area contributed by atoms with Gasteiger partial charge in [-0.25, -0.2) is 4.39 Å². The third-order valence-corrected chi connectivity index (χ3v) is 4.26. The molecule has 1 aliphatic heterocycles. The topological polar surface area (TPSA) is 17.8 Å². The largest absolute Gasteiger partial charge is 0.263 e. The van der Waals surface area contributed by atoms with Crippen LogP contribution in [0.1, 0.15) is 31.4 Å². The van der Waals surface area contributed by atoms with Crippen LogP contribution in [0, 0.1) is 5.82 Å². The Morgan fingerprint density at radius 3 is 2.83 bits per heavy atom. The molecular weight excluding hydrogens is 227 g/mol. The van der Waals surface area contributed by atoms with Gasteiger partial charge in [0.25, 0.3) is 0 Å². The lowest BCUT2D eigenvalue weighted by Gasteiger charge is -2.23. The Balaban J connectivity index is 1.82. The summed E-state index contributed by atoms with van der Waals surface area (Å²) in [6.07, 6.45) is 6.12. The summed E-state index contributed by atoms with van der Waals surface area (Å²) in [5.41, 5.74) is 3.43.